The summed E-state index contributed by atoms with van der Waals surface area (Å²) in [6.45, 7) is 3.77. The lowest BCUT2D eigenvalue weighted by molar-refractivity contribution is 0.792. The zero-order valence-electron chi connectivity index (χ0n) is 9.52. The molecule has 16 heavy (non-hydrogen) atoms. The molecule has 3 nitrogen and oxygen atoms in total. The van der Waals surface area contributed by atoms with Gasteiger partial charge >= 0.3 is 0 Å². The van der Waals surface area contributed by atoms with Gasteiger partial charge in [0.25, 0.3) is 0 Å². The van der Waals surface area contributed by atoms with Crippen LogP contribution in [0.3, 0.4) is 0 Å². The lowest BCUT2D eigenvalue weighted by Crippen LogP contribution is -2.00. The van der Waals surface area contributed by atoms with Crippen LogP contribution < -0.4 is 5.73 Å². The van der Waals surface area contributed by atoms with Gasteiger partial charge in [-0.25, -0.2) is 4.98 Å². The first kappa shape index (κ1) is 11.5. The molecule has 2 rings (SSSR count). The number of pyridine rings is 1. The van der Waals surface area contributed by atoms with E-state index in [-0.39, 0.29) is 0 Å². The van der Waals surface area contributed by atoms with Gasteiger partial charge in [0.05, 0.1) is 0 Å². The van der Waals surface area contributed by atoms with E-state index in [1.54, 1.807) is 0 Å². The van der Waals surface area contributed by atoms with Gasteiger partial charge in [-0.1, -0.05) is 6.92 Å². The van der Waals surface area contributed by atoms with Gasteiger partial charge < -0.3 is 10.3 Å². The molecule has 0 spiro atoms. The van der Waals surface area contributed by atoms with Crippen LogP contribution in [0.4, 0.5) is 0 Å². The van der Waals surface area contributed by atoms with Crippen molar-refractivity contribution in [1.29, 1.82) is 0 Å². The number of aryl methyl sites for hydroxylation is 1. The molecule has 0 aliphatic heterocycles. The van der Waals surface area contributed by atoms with Crippen molar-refractivity contribution >= 4 is 22.8 Å². The third-order valence-electron chi connectivity index (χ3n) is 2.62. The second-order valence-electron chi connectivity index (χ2n) is 3.62. The monoisotopic (exact) mass is 235 g/mol. The number of nitrogens with zero attached hydrogens (tertiary/aromatic N) is 2. The smallest absolute Gasteiger partial charge is 0.140 e. The molecule has 0 bridgehead atoms. The molecule has 2 aromatic rings. The number of thioether (sulfide) groups is 1. The quantitative estimate of drug-likeness (QED) is 0.808. The first-order valence-electron chi connectivity index (χ1n) is 5.57. The largest absolute Gasteiger partial charge is 0.331 e. The van der Waals surface area contributed by atoms with E-state index in [0.717, 1.165) is 23.7 Å². The molecule has 0 aliphatic rings. The van der Waals surface area contributed by atoms with E-state index in [1.165, 1.54) is 10.9 Å². The average molecular weight is 235 g/mol. The van der Waals surface area contributed by atoms with Crippen molar-refractivity contribution in [2.75, 3.05) is 11.5 Å². The van der Waals surface area contributed by atoms with Crippen LogP contribution in [0.25, 0.3) is 11.0 Å². The minimum absolute atomic E-state index is 0.579. The van der Waals surface area contributed by atoms with Crippen LogP contribution in [0.15, 0.2) is 24.5 Å². The normalized spacial score (nSPS) is 11.1. The Hall–Kier alpha value is -1.00. The number of rotatable bonds is 5. The van der Waals surface area contributed by atoms with Crippen LogP contribution in [-0.2, 0) is 13.1 Å². The molecule has 0 atom stereocenters. The summed E-state index contributed by atoms with van der Waals surface area (Å²) < 4.78 is 2.21. The van der Waals surface area contributed by atoms with Crippen molar-refractivity contribution in [3.8, 4) is 0 Å². The van der Waals surface area contributed by atoms with Gasteiger partial charge in [-0.15, -0.1) is 0 Å². The summed E-state index contributed by atoms with van der Waals surface area (Å²) in [6.07, 6.45) is 3.97. The van der Waals surface area contributed by atoms with Crippen molar-refractivity contribution in [3.63, 3.8) is 0 Å². The SMILES string of the molecule is CCSCCn1cc(CN)c2cccnc21. The highest BCUT2D eigenvalue weighted by Crippen LogP contribution is 2.19. The molecule has 4 heteroatoms. The fourth-order valence-corrected chi connectivity index (χ4v) is 2.45. The van der Waals surface area contributed by atoms with E-state index in [9.17, 15) is 0 Å². The molecular formula is C12H17N3S. The van der Waals surface area contributed by atoms with Gasteiger partial charge in [0.1, 0.15) is 5.65 Å². The first-order valence-corrected chi connectivity index (χ1v) is 6.72. The predicted molar refractivity (Wildman–Crippen MR) is 70.6 cm³/mol. The van der Waals surface area contributed by atoms with Crippen LogP contribution in [-0.4, -0.2) is 21.1 Å². The van der Waals surface area contributed by atoms with E-state index in [0.29, 0.717) is 6.54 Å². The summed E-state index contributed by atoms with van der Waals surface area (Å²) >= 11 is 1.95. The average Bonchev–Trinajstić information content (AvgIpc) is 2.68. The molecule has 2 N–H and O–H groups in total. The molecule has 0 aromatic carbocycles. The molecule has 0 unspecified atom stereocenters. The van der Waals surface area contributed by atoms with Gasteiger partial charge in [0, 0.05) is 36.6 Å². The zero-order valence-corrected chi connectivity index (χ0v) is 10.3. The summed E-state index contributed by atoms with van der Waals surface area (Å²) in [6, 6.07) is 4.06. The third kappa shape index (κ3) is 2.23. The Kier molecular flexibility index (Phi) is 3.85. The lowest BCUT2D eigenvalue weighted by Gasteiger charge is -2.02. The molecule has 0 amide bonds. The molecule has 0 aliphatic carbocycles. The molecule has 0 radical (unpaired) electrons. The summed E-state index contributed by atoms with van der Waals surface area (Å²) in [5, 5.41) is 1.19. The number of aromatic nitrogens is 2. The van der Waals surface area contributed by atoms with Crippen molar-refractivity contribution < 1.29 is 0 Å². The Morgan fingerprint density at radius 1 is 1.50 bits per heavy atom. The Morgan fingerprint density at radius 2 is 2.38 bits per heavy atom. The topological polar surface area (TPSA) is 43.8 Å². The summed E-state index contributed by atoms with van der Waals surface area (Å²) in [7, 11) is 0. The van der Waals surface area contributed by atoms with Gasteiger partial charge in [-0.05, 0) is 23.4 Å². The zero-order chi connectivity index (χ0) is 11.4. The van der Waals surface area contributed by atoms with Crippen molar-refractivity contribution in [1.82, 2.24) is 9.55 Å². The van der Waals surface area contributed by atoms with Gasteiger partial charge in [0.2, 0.25) is 0 Å². The van der Waals surface area contributed by atoms with Crippen LogP contribution in [0.2, 0.25) is 0 Å². The molecule has 86 valence electrons. The van der Waals surface area contributed by atoms with E-state index in [2.05, 4.69) is 28.7 Å². The Labute approximate surface area is 100 Å². The molecule has 2 aromatic heterocycles. The van der Waals surface area contributed by atoms with E-state index < -0.39 is 0 Å². The molecule has 0 saturated carbocycles. The minimum Gasteiger partial charge on any atom is -0.331 e. The van der Waals surface area contributed by atoms with Gasteiger partial charge in [-0.3, -0.25) is 0 Å². The maximum Gasteiger partial charge on any atom is 0.140 e. The highest BCUT2D eigenvalue weighted by molar-refractivity contribution is 7.99. The number of fused-ring (bicyclic) bond motifs is 1. The summed E-state index contributed by atoms with van der Waals surface area (Å²) in [5.41, 5.74) is 7.98. The molecular weight excluding hydrogens is 218 g/mol. The highest BCUT2D eigenvalue weighted by atomic mass is 32.2. The van der Waals surface area contributed by atoms with Crippen LogP contribution in [0.1, 0.15) is 12.5 Å². The second-order valence-corrected chi connectivity index (χ2v) is 5.02. The van der Waals surface area contributed by atoms with E-state index in [4.69, 9.17) is 5.73 Å². The maximum atomic E-state index is 5.74. The van der Waals surface area contributed by atoms with Crippen molar-refractivity contribution in [2.45, 2.75) is 20.0 Å². The number of nitrogens with two attached hydrogens (primary N) is 1. The standard InChI is InChI=1S/C12H17N3S/c1-2-16-7-6-15-9-10(8-13)11-4-3-5-14-12(11)15/h3-5,9H,2,6-8,13H2,1H3. The molecule has 0 fully saturated rings. The Bertz CT molecular complexity index is 464. The Balaban J connectivity index is 2.30. The fraction of sp³-hybridized carbons (Fsp3) is 0.417. The van der Waals surface area contributed by atoms with Crippen LogP contribution >= 0.6 is 11.8 Å². The Morgan fingerprint density at radius 3 is 3.12 bits per heavy atom. The molecule has 2 heterocycles. The number of hydrogen-bond acceptors (Lipinski definition) is 3. The van der Waals surface area contributed by atoms with Gasteiger partial charge in [0.15, 0.2) is 0 Å². The van der Waals surface area contributed by atoms with Crippen LogP contribution in [0.5, 0.6) is 0 Å². The van der Waals surface area contributed by atoms with Crippen molar-refractivity contribution in [3.05, 3.63) is 30.1 Å². The predicted octanol–water partition coefficient (Wildman–Crippen LogP) is 2.25. The summed E-state index contributed by atoms with van der Waals surface area (Å²) in [5.74, 6) is 2.29. The maximum absolute atomic E-state index is 5.74. The lowest BCUT2D eigenvalue weighted by atomic mass is 10.2. The first-order chi connectivity index (χ1) is 7.86. The van der Waals surface area contributed by atoms with Crippen molar-refractivity contribution in [2.24, 2.45) is 5.73 Å². The minimum atomic E-state index is 0.579. The highest BCUT2D eigenvalue weighted by Gasteiger charge is 2.07. The summed E-state index contributed by atoms with van der Waals surface area (Å²) in [4.78, 5) is 4.43. The second kappa shape index (κ2) is 5.37. The van der Waals surface area contributed by atoms with E-state index >= 15 is 0 Å². The van der Waals surface area contributed by atoms with Gasteiger partial charge in [-0.2, -0.15) is 11.8 Å². The fourth-order valence-electron chi connectivity index (χ4n) is 1.84. The van der Waals surface area contributed by atoms with Crippen LogP contribution in [0, 0.1) is 0 Å². The third-order valence-corrected chi connectivity index (χ3v) is 3.50. The van der Waals surface area contributed by atoms with E-state index in [1.807, 2.05) is 24.0 Å². The molecule has 0 saturated heterocycles. The number of hydrogen-bond donors (Lipinski definition) is 1.